The van der Waals surface area contributed by atoms with Crippen LogP contribution in [-0.4, -0.2) is 56.9 Å². The molecular formula is C36H41N7O5. The maximum Gasteiger partial charge on any atom is 0.231 e. The predicted octanol–water partition coefficient (Wildman–Crippen LogP) is 6.88. The number of nitrogens with zero attached hydrogens (tertiary/aromatic N) is 4. The SMILES string of the molecule is COc1ccc(C)cc1Nc1nc(NN=C2CCCc3cc(OC)c(OC)cc32)cc(NN=C2CCCc3cc(OC)c(OC)cc32)n1. The largest absolute Gasteiger partial charge is 0.495 e. The van der Waals surface area contributed by atoms with E-state index < -0.39 is 0 Å². The second-order valence-corrected chi connectivity index (χ2v) is 11.6. The predicted molar refractivity (Wildman–Crippen MR) is 188 cm³/mol. The first-order chi connectivity index (χ1) is 23.4. The number of anilines is 4. The van der Waals surface area contributed by atoms with Crippen LogP contribution in [0.1, 0.15) is 53.5 Å². The maximum atomic E-state index is 5.59. The summed E-state index contributed by atoms with van der Waals surface area (Å²) >= 11 is 0. The van der Waals surface area contributed by atoms with Gasteiger partial charge in [0.25, 0.3) is 0 Å². The third-order valence-electron chi connectivity index (χ3n) is 8.50. The lowest BCUT2D eigenvalue weighted by molar-refractivity contribution is 0.354. The van der Waals surface area contributed by atoms with Crippen LogP contribution in [-0.2, 0) is 12.8 Å². The monoisotopic (exact) mass is 651 g/mol. The van der Waals surface area contributed by atoms with E-state index in [2.05, 4.69) is 16.2 Å². The number of ether oxygens (including phenoxy) is 5. The van der Waals surface area contributed by atoms with Crippen LogP contribution in [0.15, 0.2) is 58.7 Å². The minimum atomic E-state index is 0.345. The van der Waals surface area contributed by atoms with Crippen molar-refractivity contribution in [3.8, 4) is 28.7 Å². The summed E-state index contributed by atoms with van der Waals surface area (Å²) in [7, 11) is 8.20. The van der Waals surface area contributed by atoms with Crippen molar-refractivity contribution in [3.05, 3.63) is 76.3 Å². The molecule has 4 aromatic rings. The van der Waals surface area contributed by atoms with Gasteiger partial charge in [0, 0.05) is 17.2 Å². The Hall–Kier alpha value is -5.52. The Balaban J connectivity index is 1.35. The van der Waals surface area contributed by atoms with Crippen LogP contribution >= 0.6 is 0 Å². The zero-order chi connectivity index (χ0) is 33.6. The first-order valence-electron chi connectivity index (χ1n) is 15.9. The molecule has 3 aromatic carbocycles. The molecule has 1 heterocycles. The average Bonchev–Trinajstić information content (AvgIpc) is 3.11. The van der Waals surface area contributed by atoms with Gasteiger partial charge in [0.1, 0.15) is 5.75 Å². The van der Waals surface area contributed by atoms with Gasteiger partial charge in [-0.2, -0.15) is 20.2 Å². The van der Waals surface area contributed by atoms with E-state index in [-0.39, 0.29) is 0 Å². The molecule has 0 fully saturated rings. The molecule has 12 nitrogen and oxygen atoms in total. The summed E-state index contributed by atoms with van der Waals surface area (Å²) in [5.74, 6) is 4.73. The van der Waals surface area contributed by atoms with Gasteiger partial charge >= 0.3 is 0 Å². The number of hydrazone groups is 2. The van der Waals surface area contributed by atoms with Crippen LogP contribution in [0.2, 0.25) is 0 Å². The molecule has 6 rings (SSSR count). The van der Waals surface area contributed by atoms with Gasteiger partial charge in [-0.05, 0) is 98.5 Å². The third kappa shape index (κ3) is 6.92. The molecule has 12 heteroatoms. The molecule has 0 atom stereocenters. The van der Waals surface area contributed by atoms with Gasteiger partial charge < -0.3 is 29.0 Å². The van der Waals surface area contributed by atoms with Crippen LogP contribution in [0, 0.1) is 6.92 Å². The van der Waals surface area contributed by atoms with E-state index in [0.29, 0.717) is 46.3 Å². The highest BCUT2D eigenvalue weighted by Crippen LogP contribution is 2.36. The summed E-state index contributed by atoms with van der Waals surface area (Å²) in [6, 6.07) is 15.7. The summed E-state index contributed by atoms with van der Waals surface area (Å²) in [5.41, 5.74) is 14.4. The van der Waals surface area contributed by atoms with Crippen molar-refractivity contribution in [2.75, 3.05) is 51.7 Å². The molecule has 0 bridgehead atoms. The molecule has 0 aliphatic heterocycles. The third-order valence-corrected chi connectivity index (χ3v) is 8.50. The molecular weight excluding hydrogens is 610 g/mol. The smallest absolute Gasteiger partial charge is 0.231 e. The van der Waals surface area contributed by atoms with E-state index >= 15 is 0 Å². The van der Waals surface area contributed by atoms with Crippen molar-refractivity contribution >= 4 is 34.7 Å². The van der Waals surface area contributed by atoms with Crippen LogP contribution in [0.5, 0.6) is 28.7 Å². The first-order valence-corrected chi connectivity index (χ1v) is 15.9. The number of benzene rings is 3. The van der Waals surface area contributed by atoms with Crippen molar-refractivity contribution in [2.45, 2.75) is 45.4 Å². The minimum Gasteiger partial charge on any atom is -0.495 e. The highest BCUT2D eigenvalue weighted by molar-refractivity contribution is 6.04. The summed E-state index contributed by atoms with van der Waals surface area (Å²) in [6.45, 7) is 2.02. The van der Waals surface area contributed by atoms with Crippen molar-refractivity contribution < 1.29 is 23.7 Å². The van der Waals surface area contributed by atoms with E-state index in [1.165, 1.54) is 0 Å². The molecule has 48 heavy (non-hydrogen) atoms. The van der Waals surface area contributed by atoms with Gasteiger partial charge in [0.05, 0.1) is 52.7 Å². The normalized spacial score (nSPS) is 15.3. The summed E-state index contributed by atoms with van der Waals surface area (Å²) in [6.07, 6.45) is 5.41. The zero-order valence-electron chi connectivity index (χ0n) is 28.2. The summed E-state index contributed by atoms with van der Waals surface area (Å²) < 4.78 is 27.8. The Morgan fingerprint density at radius 3 is 1.52 bits per heavy atom. The molecule has 0 saturated heterocycles. The molecule has 0 amide bonds. The van der Waals surface area contributed by atoms with E-state index in [1.807, 2.05) is 49.4 Å². The van der Waals surface area contributed by atoms with Crippen molar-refractivity contribution in [1.29, 1.82) is 0 Å². The number of methoxy groups -OCH3 is 5. The number of rotatable bonds is 11. The molecule has 250 valence electrons. The summed E-state index contributed by atoms with van der Waals surface area (Å²) in [5, 5.41) is 13.0. The lowest BCUT2D eigenvalue weighted by Gasteiger charge is -2.21. The Morgan fingerprint density at radius 1 is 0.562 bits per heavy atom. The van der Waals surface area contributed by atoms with Crippen molar-refractivity contribution in [1.82, 2.24) is 9.97 Å². The molecule has 2 aliphatic rings. The summed E-state index contributed by atoms with van der Waals surface area (Å²) in [4.78, 5) is 9.50. The van der Waals surface area contributed by atoms with E-state index in [9.17, 15) is 0 Å². The highest BCUT2D eigenvalue weighted by atomic mass is 16.5. The standard InChI is InChI=1S/C36H41N7O5/c1-21-13-14-29(44-2)28(15-21)37-36-38-34(42-40-26-11-7-9-22-16-30(45-3)32(47-5)18-24(22)26)20-35(39-36)43-41-27-12-8-10-23-17-31(46-4)33(48-6)19-25(23)27/h13-20H,7-12H2,1-6H3,(H3,37,38,39,42,43). The topological polar surface area (TPSA) is 133 Å². The number of hydrogen-bond donors (Lipinski definition) is 3. The van der Waals surface area contributed by atoms with Crippen LogP contribution in [0.4, 0.5) is 23.3 Å². The second kappa shape index (κ2) is 14.5. The molecule has 0 unspecified atom stereocenters. The molecule has 0 saturated carbocycles. The van der Waals surface area contributed by atoms with Crippen LogP contribution < -0.4 is 39.9 Å². The van der Waals surface area contributed by atoms with Crippen LogP contribution in [0.25, 0.3) is 0 Å². The maximum absolute atomic E-state index is 5.59. The quantitative estimate of drug-likeness (QED) is 0.148. The van der Waals surface area contributed by atoms with Gasteiger partial charge in [0.15, 0.2) is 34.6 Å². The Bertz CT molecular complexity index is 1770. The first kappa shape index (κ1) is 32.4. The number of aryl methyl sites for hydroxylation is 3. The Labute approximate surface area is 280 Å². The van der Waals surface area contributed by atoms with E-state index in [4.69, 9.17) is 43.9 Å². The molecule has 0 spiro atoms. The van der Waals surface area contributed by atoms with Crippen LogP contribution in [0.3, 0.4) is 0 Å². The number of nitrogens with one attached hydrogen (secondary N) is 3. The van der Waals surface area contributed by atoms with Crippen molar-refractivity contribution in [3.63, 3.8) is 0 Å². The molecule has 2 aliphatic carbocycles. The lowest BCUT2D eigenvalue weighted by Crippen LogP contribution is -2.15. The van der Waals surface area contributed by atoms with Gasteiger partial charge in [-0.25, -0.2) is 0 Å². The van der Waals surface area contributed by atoms with E-state index in [1.54, 1.807) is 41.6 Å². The zero-order valence-corrected chi connectivity index (χ0v) is 28.2. The fraction of sp³-hybridized carbons (Fsp3) is 0.333. The van der Waals surface area contributed by atoms with Gasteiger partial charge in [0.2, 0.25) is 5.95 Å². The fourth-order valence-corrected chi connectivity index (χ4v) is 6.09. The second-order valence-electron chi connectivity index (χ2n) is 11.6. The highest BCUT2D eigenvalue weighted by Gasteiger charge is 2.21. The Morgan fingerprint density at radius 2 is 1.04 bits per heavy atom. The van der Waals surface area contributed by atoms with Crippen molar-refractivity contribution in [2.24, 2.45) is 10.2 Å². The minimum absolute atomic E-state index is 0.345. The van der Waals surface area contributed by atoms with Gasteiger partial charge in [-0.3, -0.25) is 10.9 Å². The number of aromatic nitrogens is 2. The average molecular weight is 652 g/mol. The number of hydrogen-bond acceptors (Lipinski definition) is 12. The van der Waals surface area contributed by atoms with Gasteiger partial charge in [-0.15, -0.1) is 0 Å². The lowest BCUT2D eigenvalue weighted by atomic mass is 9.89. The molecule has 1 aromatic heterocycles. The van der Waals surface area contributed by atoms with Gasteiger partial charge in [-0.1, -0.05) is 6.07 Å². The van der Waals surface area contributed by atoms with E-state index in [0.717, 1.165) is 83.5 Å². The Kier molecular flexibility index (Phi) is 9.79. The molecule has 0 radical (unpaired) electrons. The fourth-order valence-electron chi connectivity index (χ4n) is 6.09. The molecule has 3 N–H and O–H groups in total. The number of fused-ring (bicyclic) bond motifs is 2.